The minimum Gasteiger partial charge on any atom is -0.207 e. The second-order valence-corrected chi connectivity index (χ2v) is 3.90. The van der Waals surface area contributed by atoms with E-state index in [0.29, 0.717) is 18.4 Å². The molecular weight excluding hydrogens is 206 g/mol. The highest BCUT2D eigenvalue weighted by molar-refractivity contribution is 6.20. The molecule has 3 heteroatoms. The van der Waals surface area contributed by atoms with Gasteiger partial charge in [-0.05, 0) is 43.0 Å². The first-order valence-electron chi connectivity index (χ1n) is 4.71. The molecule has 1 unspecified atom stereocenters. The van der Waals surface area contributed by atoms with Gasteiger partial charge in [0.05, 0.1) is 0 Å². The van der Waals surface area contributed by atoms with E-state index in [1.54, 1.807) is 0 Å². The third-order valence-electron chi connectivity index (χ3n) is 2.18. The fourth-order valence-corrected chi connectivity index (χ4v) is 1.36. The van der Waals surface area contributed by atoms with Crippen molar-refractivity contribution in [2.75, 3.05) is 0 Å². The van der Waals surface area contributed by atoms with Gasteiger partial charge in [0.1, 0.15) is 11.6 Å². The third kappa shape index (κ3) is 3.26. The minimum absolute atomic E-state index is 0.0395. The SMILES string of the molecule is CCC(Cl)CCc1cc(F)ccc1F. The van der Waals surface area contributed by atoms with E-state index >= 15 is 0 Å². The van der Waals surface area contributed by atoms with Gasteiger partial charge in [-0.2, -0.15) is 0 Å². The van der Waals surface area contributed by atoms with Crippen LogP contribution in [0.4, 0.5) is 8.78 Å². The Labute approximate surface area is 87.9 Å². The van der Waals surface area contributed by atoms with Crippen molar-refractivity contribution in [3.63, 3.8) is 0 Å². The zero-order chi connectivity index (χ0) is 10.6. The van der Waals surface area contributed by atoms with Gasteiger partial charge in [-0.15, -0.1) is 11.6 Å². The smallest absolute Gasteiger partial charge is 0.126 e. The Morgan fingerprint density at radius 3 is 2.71 bits per heavy atom. The lowest BCUT2D eigenvalue weighted by atomic mass is 10.1. The van der Waals surface area contributed by atoms with Crippen LogP contribution in [0.5, 0.6) is 0 Å². The number of hydrogen-bond acceptors (Lipinski definition) is 0. The summed E-state index contributed by atoms with van der Waals surface area (Å²) in [5.41, 5.74) is 0.407. The van der Waals surface area contributed by atoms with E-state index in [0.717, 1.165) is 18.6 Å². The fraction of sp³-hybridized carbons (Fsp3) is 0.455. The fourth-order valence-electron chi connectivity index (χ4n) is 1.25. The van der Waals surface area contributed by atoms with E-state index < -0.39 is 5.82 Å². The van der Waals surface area contributed by atoms with Gasteiger partial charge in [0.2, 0.25) is 0 Å². The second-order valence-electron chi connectivity index (χ2n) is 3.28. The lowest BCUT2D eigenvalue weighted by molar-refractivity contribution is 0.578. The van der Waals surface area contributed by atoms with E-state index in [-0.39, 0.29) is 11.2 Å². The summed E-state index contributed by atoms with van der Waals surface area (Å²) in [4.78, 5) is 0. The third-order valence-corrected chi connectivity index (χ3v) is 2.70. The topological polar surface area (TPSA) is 0 Å². The van der Waals surface area contributed by atoms with Crippen molar-refractivity contribution in [3.8, 4) is 0 Å². The van der Waals surface area contributed by atoms with Crippen LogP contribution < -0.4 is 0 Å². The molecule has 0 bridgehead atoms. The Hall–Kier alpha value is -0.630. The summed E-state index contributed by atoms with van der Waals surface area (Å²) in [6.45, 7) is 1.97. The highest BCUT2D eigenvalue weighted by atomic mass is 35.5. The van der Waals surface area contributed by atoms with Crippen LogP contribution in [0.3, 0.4) is 0 Å². The Bertz CT molecular complexity index is 299. The van der Waals surface area contributed by atoms with Crippen molar-refractivity contribution in [2.24, 2.45) is 0 Å². The summed E-state index contributed by atoms with van der Waals surface area (Å²) in [5.74, 6) is -0.754. The summed E-state index contributed by atoms with van der Waals surface area (Å²) in [5, 5.41) is 0.0395. The molecule has 0 N–H and O–H groups in total. The van der Waals surface area contributed by atoms with Crippen molar-refractivity contribution in [2.45, 2.75) is 31.6 Å². The number of alkyl halides is 1. The van der Waals surface area contributed by atoms with Crippen molar-refractivity contribution in [1.82, 2.24) is 0 Å². The van der Waals surface area contributed by atoms with Crippen LogP contribution in [0.25, 0.3) is 0 Å². The Morgan fingerprint density at radius 1 is 1.36 bits per heavy atom. The van der Waals surface area contributed by atoms with E-state index in [9.17, 15) is 8.78 Å². The van der Waals surface area contributed by atoms with Crippen LogP contribution in [0.1, 0.15) is 25.3 Å². The Kier molecular flexibility index (Phi) is 4.33. The summed E-state index contributed by atoms with van der Waals surface area (Å²) >= 11 is 5.89. The van der Waals surface area contributed by atoms with Gasteiger partial charge in [0.15, 0.2) is 0 Å². The number of hydrogen-bond donors (Lipinski definition) is 0. The quantitative estimate of drug-likeness (QED) is 0.672. The predicted octanol–water partition coefficient (Wildman–Crippen LogP) is 3.91. The lowest BCUT2D eigenvalue weighted by Gasteiger charge is -2.06. The van der Waals surface area contributed by atoms with E-state index in [1.165, 1.54) is 6.07 Å². The monoisotopic (exact) mass is 218 g/mol. The Balaban J connectivity index is 2.62. The zero-order valence-electron chi connectivity index (χ0n) is 8.06. The molecule has 0 radical (unpaired) electrons. The number of halogens is 3. The molecule has 1 aromatic rings. The first-order valence-corrected chi connectivity index (χ1v) is 5.15. The lowest BCUT2D eigenvalue weighted by Crippen LogP contribution is -2.00. The normalized spacial score (nSPS) is 12.9. The standard InChI is InChI=1S/C11H13ClF2/c1-2-9(12)4-3-8-7-10(13)5-6-11(8)14/h5-7,9H,2-4H2,1H3. The average molecular weight is 219 g/mol. The van der Waals surface area contributed by atoms with Gasteiger partial charge < -0.3 is 0 Å². The molecule has 0 aliphatic rings. The highest BCUT2D eigenvalue weighted by Crippen LogP contribution is 2.15. The number of benzene rings is 1. The Morgan fingerprint density at radius 2 is 2.07 bits per heavy atom. The van der Waals surface area contributed by atoms with Gasteiger partial charge in [-0.3, -0.25) is 0 Å². The van der Waals surface area contributed by atoms with Crippen LogP contribution in [-0.4, -0.2) is 5.38 Å². The molecule has 1 atom stereocenters. The van der Waals surface area contributed by atoms with E-state index in [4.69, 9.17) is 11.6 Å². The summed E-state index contributed by atoms with van der Waals surface area (Å²) in [6, 6.07) is 3.51. The predicted molar refractivity (Wildman–Crippen MR) is 54.6 cm³/mol. The first-order chi connectivity index (χ1) is 6.63. The molecule has 0 spiro atoms. The first kappa shape index (κ1) is 11.4. The molecule has 0 aliphatic heterocycles. The molecule has 0 nitrogen and oxygen atoms in total. The van der Waals surface area contributed by atoms with Gasteiger partial charge in [0.25, 0.3) is 0 Å². The minimum atomic E-state index is -0.399. The van der Waals surface area contributed by atoms with Crippen LogP contribution in [0, 0.1) is 11.6 Å². The van der Waals surface area contributed by atoms with Crippen LogP contribution in [0.2, 0.25) is 0 Å². The highest BCUT2D eigenvalue weighted by Gasteiger charge is 2.06. The van der Waals surface area contributed by atoms with Gasteiger partial charge in [-0.1, -0.05) is 6.92 Å². The van der Waals surface area contributed by atoms with Crippen LogP contribution in [0.15, 0.2) is 18.2 Å². The van der Waals surface area contributed by atoms with Gasteiger partial charge in [0, 0.05) is 5.38 Å². The molecule has 0 saturated carbocycles. The zero-order valence-corrected chi connectivity index (χ0v) is 8.82. The van der Waals surface area contributed by atoms with E-state index in [1.807, 2.05) is 6.92 Å². The van der Waals surface area contributed by atoms with Crippen molar-refractivity contribution < 1.29 is 8.78 Å². The maximum absolute atomic E-state index is 13.1. The van der Waals surface area contributed by atoms with Crippen LogP contribution >= 0.6 is 11.6 Å². The molecule has 14 heavy (non-hydrogen) atoms. The van der Waals surface area contributed by atoms with Crippen molar-refractivity contribution in [3.05, 3.63) is 35.4 Å². The molecule has 1 rings (SSSR count). The molecule has 0 aromatic heterocycles. The number of rotatable bonds is 4. The molecule has 0 amide bonds. The average Bonchev–Trinajstić information content (AvgIpc) is 2.19. The molecule has 0 heterocycles. The van der Waals surface area contributed by atoms with Crippen LogP contribution in [-0.2, 0) is 6.42 Å². The largest absolute Gasteiger partial charge is 0.207 e. The van der Waals surface area contributed by atoms with Gasteiger partial charge >= 0.3 is 0 Å². The van der Waals surface area contributed by atoms with Gasteiger partial charge in [-0.25, -0.2) is 8.78 Å². The number of aryl methyl sites for hydroxylation is 1. The molecule has 0 aliphatic carbocycles. The van der Waals surface area contributed by atoms with E-state index in [2.05, 4.69) is 0 Å². The molecule has 1 aromatic carbocycles. The maximum atomic E-state index is 13.1. The summed E-state index contributed by atoms with van der Waals surface area (Å²) in [6.07, 6.45) is 2.02. The van der Waals surface area contributed by atoms with Crippen molar-refractivity contribution >= 4 is 11.6 Å². The molecule has 0 fully saturated rings. The summed E-state index contributed by atoms with van der Waals surface area (Å²) < 4.78 is 25.9. The molecule has 78 valence electrons. The molecular formula is C11H13ClF2. The second kappa shape index (κ2) is 5.30. The molecule has 0 saturated heterocycles. The van der Waals surface area contributed by atoms with Crippen molar-refractivity contribution in [1.29, 1.82) is 0 Å². The maximum Gasteiger partial charge on any atom is 0.126 e. The summed E-state index contributed by atoms with van der Waals surface area (Å²) in [7, 11) is 0.